The van der Waals surface area contributed by atoms with Gasteiger partial charge in [0.25, 0.3) is 0 Å². The molecule has 2 aromatic rings. The molecule has 0 radical (unpaired) electrons. The van der Waals surface area contributed by atoms with E-state index in [1.807, 2.05) is 6.07 Å². The van der Waals surface area contributed by atoms with Gasteiger partial charge < -0.3 is 19.5 Å². The lowest BCUT2D eigenvalue weighted by Crippen LogP contribution is -2.43. The van der Waals surface area contributed by atoms with E-state index < -0.39 is 47.0 Å². The zero-order valence-corrected chi connectivity index (χ0v) is 21.6. The molecule has 1 saturated heterocycles. The van der Waals surface area contributed by atoms with Crippen molar-refractivity contribution in [1.82, 2.24) is 9.71 Å². The first kappa shape index (κ1) is 28.5. The van der Waals surface area contributed by atoms with Crippen molar-refractivity contribution in [2.75, 3.05) is 31.2 Å². The van der Waals surface area contributed by atoms with E-state index >= 15 is 0 Å². The molecule has 0 unspecified atom stereocenters. The van der Waals surface area contributed by atoms with Crippen LogP contribution in [0.2, 0.25) is 0 Å². The summed E-state index contributed by atoms with van der Waals surface area (Å²) in [6.07, 6.45) is 0.599. The Kier molecular flexibility index (Phi) is 9.75. The maximum absolute atomic E-state index is 12.7. The van der Waals surface area contributed by atoms with Gasteiger partial charge in [0.15, 0.2) is 0 Å². The molecule has 0 spiro atoms. The number of benzene rings is 1. The van der Waals surface area contributed by atoms with Crippen LogP contribution in [0.4, 0.5) is 5.82 Å². The summed E-state index contributed by atoms with van der Waals surface area (Å²) in [5.74, 6) is -2.91. The number of hydrogen-bond donors (Lipinski definition) is 2. The van der Waals surface area contributed by atoms with E-state index in [4.69, 9.17) is 14.6 Å². The average molecular weight is 545 g/mol. The molecule has 38 heavy (non-hydrogen) atoms. The molecule has 0 bridgehead atoms. The lowest BCUT2D eigenvalue weighted by molar-refractivity contribution is -0.148. The first-order valence-corrected chi connectivity index (χ1v) is 13.5. The fraction of sp³-hybridized carbons (Fsp3) is 0.400. The molecule has 1 aliphatic heterocycles. The van der Waals surface area contributed by atoms with Gasteiger partial charge in [0, 0.05) is 19.0 Å². The third kappa shape index (κ3) is 7.50. The SMILES string of the molecule is CCOC(=O)c1cc(C#N)c(N2CCC(C(=O)NS(=O)(=O)Cc3ccccc3)CC2)nc1COC(=O)CO. The predicted molar refractivity (Wildman–Crippen MR) is 134 cm³/mol. The quantitative estimate of drug-likeness (QED) is 0.408. The molecular weight excluding hydrogens is 516 g/mol. The summed E-state index contributed by atoms with van der Waals surface area (Å²) in [5, 5.41) is 18.6. The minimum absolute atomic E-state index is 0.0456. The number of pyridine rings is 1. The van der Waals surface area contributed by atoms with Gasteiger partial charge in [-0.15, -0.1) is 0 Å². The number of nitrogens with zero attached hydrogens (tertiary/aromatic N) is 3. The van der Waals surface area contributed by atoms with Gasteiger partial charge in [-0.25, -0.2) is 23.0 Å². The van der Waals surface area contributed by atoms with Gasteiger partial charge in [0.1, 0.15) is 25.1 Å². The number of ether oxygens (including phenoxy) is 2. The molecule has 202 valence electrons. The van der Waals surface area contributed by atoms with Gasteiger partial charge in [0.05, 0.1) is 29.2 Å². The Bertz CT molecular complexity index is 1320. The number of amides is 1. The number of piperidine rings is 1. The third-order valence-electron chi connectivity index (χ3n) is 5.82. The van der Waals surface area contributed by atoms with Gasteiger partial charge in [-0.05, 0) is 31.4 Å². The molecule has 3 rings (SSSR count). The molecule has 1 aromatic heterocycles. The van der Waals surface area contributed by atoms with Crippen LogP contribution in [0.1, 0.15) is 46.9 Å². The van der Waals surface area contributed by atoms with Crippen molar-refractivity contribution in [1.29, 1.82) is 5.26 Å². The number of rotatable bonds is 10. The lowest BCUT2D eigenvalue weighted by Gasteiger charge is -2.33. The minimum Gasteiger partial charge on any atom is -0.462 e. The van der Waals surface area contributed by atoms with Crippen molar-refractivity contribution in [3.8, 4) is 6.07 Å². The van der Waals surface area contributed by atoms with Crippen molar-refractivity contribution < 1.29 is 37.4 Å². The van der Waals surface area contributed by atoms with E-state index in [9.17, 15) is 28.1 Å². The van der Waals surface area contributed by atoms with E-state index in [1.165, 1.54) is 6.07 Å². The molecule has 1 fully saturated rings. The van der Waals surface area contributed by atoms with E-state index in [1.54, 1.807) is 42.2 Å². The minimum atomic E-state index is -3.87. The highest BCUT2D eigenvalue weighted by atomic mass is 32.2. The van der Waals surface area contributed by atoms with Crippen LogP contribution in [0.25, 0.3) is 0 Å². The summed E-state index contributed by atoms with van der Waals surface area (Å²) in [7, 11) is -3.87. The van der Waals surface area contributed by atoms with Crippen LogP contribution >= 0.6 is 0 Å². The molecule has 0 saturated carbocycles. The summed E-state index contributed by atoms with van der Waals surface area (Å²) in [6, 6.07) is 11.8. The van der Waals surface area contributed by atoms with E-state index in [0.29, 0.717) is 18.4 Å². The number of carbonyl (C=O) groups excluding carboxylic acids is 3. The number of aromatic nitrogens is 1. The lowest BCUT2D eigenvalue weighted by atomic mass is 9.96. The average Bonchev–Trinajstić information content (AvgIpc) is 2.91. The van der Waals surface area contributed by atoms with Crippen LogP contribution in [0.3, 0.4) is 0 Å². The van der Waals surface area contributed by atoms with Crippen LogP contribution in [0, 0.1) is 17.2 Å². The van der Waals surface area contributed by atoms with Crippen LogP contribution < -0.4 is 9.62 Å². The van der Waals surface area contributed by atoms with Crippen molar-refractivity contribution in [3.05, 3.63) is 58.8 Å². The van der Waals surface area contributed by atoms with Gasteiger partial charge in [-0.2, -0.15) is 5.26 Å². The van der Waals surface area contributed by atoms with Gasteiger partial charge in [-0.1, -0.05) is 30.3 Å². The molecule has 1 aliphatic rings. The smallest absolute Gasteiger partial charge is 0.340 e. The number of carbonyl (C=O) groups is 3. The maximum Gasteiger partial charge on any atom is 0.340 e. The molecule has 0 aliphatic carbocycles. The molecule has 13 heteroatoms. The fourth-order valence-corrected chi connectivity index (χ4v) is 5.15. The Labute approximate surface area is 220 Å². The molecule has 1 amide bonds. The third-order valence-corrected chi connectivity index (χ3v) is 7.04. The largest absolute Gasteiger partial charge is 0.462 e. The highest BCUT2D eigenvalue weighted by Crippen LogP contribution is 2.27. The van der Waals surface area contributed by atoms with Crippen molar-refractivity contribution in [2.24, 2.45) is 5.92 Å². The predicted octanol–water partition coefficient (Wildman–Crippen LogP) is 1.03. The van der Waals surface area contributed by atoms with E-state index in [-0.39, 0.29) is 48.1 Å². The number of hydrogen-bond acceptors (Lipinski definition) is 11. The second-order valence-corrected chi connectivity index (χ2v) is 10.2. The molecule has 1 aromatic carbocycles. The van der Waals surface area contributed by atoms with E-state index in [0.717, 1.165) is 0 Å². The summed E-state index contributed by atoms with van der Waals surface area (Å²) >= 11 is 0. The zero-order valence-electron chi connectivity index (χ0n) is 20.8. The Balaban J connectivity index is 1.73. The molecular formula is C25H28N4O8S. The normalized spacial score (nSPS) is 13.9. The zero-order chi connectivity index (χ0) is 27.7. The van der Waals surface area contributed by atoms with Gasteiger partial charge in [0.2, 0.25) is 15.9 Å². The number of esters is 2. The number of aliphatic hydroxyl groups is 1. The second-order valence-electron chi connectivity index (χ2n) is 8.48. The Morgan fingerprint density at radius 3 is 2.47 bits per heavy atom. The second kappa shape index (κ2) is 13.0. The van der Waals surface area contributed by atoms with Crippen molar-refractivity contribution in [2.45, 2.75) is 32.1 Å². The standard InChI is InChI=1S/C25H28N4O8S/c1-2-36-25(33)20-12-19(13-26)23(27-21(20)15-37-22(31)14-30)29-10-8-18(9-11-29)24(32)28-38(34,35)16-17-6-4-3-5-7-17/h3-7,12,18,30H,2,8-11,14-16H2,1H3,(H,28,32). The maximum atomic E-state index is 12.7. The first-order chi connectivity index (χ1) is 18.2. The number of nitriles is 1. The van der Waals surface area contributed by atoms with Crippen LogP contribution in [-0.4, -0.2) is 62.7 Å². The van der Waals surface area contributed by atoms with E-state index in [2.05, 4.69) is 9.71 Å². The van der Waals surface area contributed by atoms with Crippen molar-refractivity contribution >= 4 is 33.7 Å². The Morgan fingerprint density at radius 2 is 1.87 bits per heavy atom. The summed E-state index contributed by atoms with van der Waals surface area (Å²) in [4.78, 5) is 42.7. The highest BCUT2D eigenvalue weighted by molar-refractivity contribution is 7.89. The number of anilines is 1. The van der Waals surface area contributed by atoms with Crippen LogP contribution in [0.15, 0.2) is 36.4 Å². The topological polar surface area (TPSA) is 176 Å². The molecule has 2 N–H and O–H groups in total. The first-order valence-electron chi connectivity index (χ1n) is 11.9. The number of sulfonamides is 1. The van der Waals surface area contributed by atoms with Crippen molar-refractivity contribution in [3.63, 3.8) is 0 Å². The van der Waals surface area contributed by atoms with Gasteiger partial charge >= 0.3 is 11.9 Å². The number of nitrogens with one attached hydrogen (secondary N) is 1. The molecule has 2 heterocycles. The van der Waals surface area contributed by atoms with Crippen LogP contribution in [0.5, 0.6) is 0 Å². The summed E-state index contributed by atoms with van der Waals surface area (Å²) in [5.41, 5.74) is 0.644. The van der Waals surface area contributed by atoms with Gasteiger partial charge in [-0.3, -0.25) is 9.52 Å². The fourth-order valence-electron chi connectivity index (χ4n) is 3.97. The number of aliphatic hydroxyl groups excluding tert-OH is 1. The summed E-state index contributed by atoms with van der Waals surface area (Å²) < 4.78 is 37.0. The Morgan fingerprint density at radius 1 is 1.18 bits per heavy atom. The monoisotopic (exact) mass is 544 g/mol. The highest BCUT2D eigenvalue weighted by Gasteiger charge is 2.30. The molecule has 12 nitrogen and oxygen atoms in total. The summed E-state index contributed by atoms with van der Waals surface area (Å²) in [6.45, 7) is 0.984. The Hall–Kier alpha value is -4.02. The molecule has 0 atom stereocenters. The van der Waals surface area contributed by atoms with Crippen LogP contribution in [-0.2, 0) is 41.4 Å².